The smallest absolute Gasteiger partial charge is 0.306 e. The molecule has 530 valence electrons. The van der Waals surface area contributed by atoms with Crippen LogP contribution in [-0.2, 0) is 19.1 Å². The number of carbonyl (C=O) groups excluding carboxylic acids is 2. The van der Waals surface area contributed by atoms with Crippen molar-refractivity contribution in [1.29, 1.82) is 0 Å². The van der Waals surface area contributed by atoms with Crippen molar-refractivity contribution < 1.29 is 24.2 Å². The third-order valence-corrected chi connectivity index (χ3v) is 17.8. The molecule has 0 rings (SSSR count). The summed E-state index contributed by atoms with van der Waals surface area (Å²) in [5, 5.41) is 9.73. The van der Waals surface area contributed by atoms with Crippen molar-refractivity contribution in [3.05, 3.63) is 122 Å². The maximum atomic E-state index is 12.4. The first-order valence-corrected chi connectivity index (χ1v) is 40.1. The van der Waals surface area contributed by atoms with Gasteiger partial charge in [-0.3, -0.25) is 9.59 Å². The second kappa shape index (κ2) is 81.5. The third-order valence-electron chi connectivity index (χ3n) is 17.8. The van der Waals surface area contributed by atoms with E-state index in [4.69, 9.17) is 9.47 Å². The Hall–Kier alpha value is -3.70. The molecule has 0 saturated carbocycles. The Balaban J connectivity index is 3.47. The largest absolute Gasteiger partial charge is 0.462 e. The Bertz CT molecular complexity index is 1790. The lowest BCUT2D eigenvalue weighted by atomic mass is 10.0. The van der Waals surface area contributed by atoms with Gasteiger partial charge in [-0.1, -0.05) is 418 Å². The van der Waals surface area contributed by atoms with Gasteiger partial charge in [-0.15, -0.1) is 0 Å². The average Bonchev–Trinajstić information content (AvgIpc) is 3.75. The van der Waals surface area contributed by atoms with Crippen molar-refractivity contribution in [3.63, 3.8) is 0 Å². The van der Waals surface area contributed by atoms with E-state index in [2.05, 4.69) is 135 Å². The predicted molar refractivity (Wildman–Crippen MR) is 408 cm³/mol. The molecule has 1 atom stereocenters. The van der Waals surface area contributed by atoms with Crippen molar-refractivity contribution in [2.75, 3.05) is 13.2 Å². The molecule has 5 heteroatoms. The van der Waals surface area contributed by atoms with Crippen LogP contribution in [0.15, 0.2) is 122 Å². The lowest BCUT2D eigenvalue weighted by Crippen LogP contribution is -2.28. The number of aliphatic hydroxyl groups excluding tert-OH is 1. The number of esters is 2. The van der Waals surface area contributed by atoms with Crippen LogP contribution in [-0.4, -0.2) is 36.4 Å². The molecule has 0 fully saturated rings. The minimum absolute atomic E-state index is 0.0712. The fourth-order valence-electron chi connectivity index (χ4n) is 11.8. The molecule has 0 aromatic carbocycles. The molecule has 0 radical (unpaired) electrons. The Morgan fingerprint density at radius 2 is 0.467 bits per heavy atom. The second-order valence-corrected chi connectivity index (χ2v) is 26.8. The summed E-state index contributed by atoms with van der Waals surface area (Å²) in [6.45, 7) is 4.06. The molecule has 0 heterocycles. The first-order valence-electron chi connectivity index (χ1n) is 40.1. The van der Waals surface area contributed by atoms with Crippen LogP contribution >= 0.6 is 0 Å². The maximum absolute atomic E-state index is 12.4. The molecule has 0 aromatic rings. The van der Waals surface area contributed by atoms with Gasteiger partial charge >= 0.3 is 11.9 Å². The lowest BCUT2D eigenvalue weighted by molar-refractivity contribution is -0.161. The molecule has 92 heavy (non-hydrogen) atoms. The molecule has 0 aromatic heterocycles. The van der Waals surface area contributed by atoms with Crippen molar-refractivity contribution in [2.24, 2.45) is 0 Å². The molecule has 1 unspecified atom stereocenters. The highest BCUT2D eigenvalue weighted by Crippen LogP contribution is 2.19. The topological polar surface area (TPSA) is 72.8 Å². The van der Waals surface area contributed by atoms with Crippen LogP contribution in [0.25, 0.3) is 0 Å². The van der Waals surface area contributed by atoms with Crippen LogP contribution in [0.1, 0.15) is 399 Å². The Kier molecular flexibility index (Phi) is 78.3. The van der Waals surface area contributed by atoms with Gasteiger partial charge in [-0.2, -0.15) is 0 Å². The summed E-state index contributed by atoms with van der Waals surface area (Å²) in [6.07, 6.45) is 120. The van der Waals surface area contributed by atoms with Crippen molar-refractivity contribution in [2.45, 2.75) is 405 Å². The van der Waals surface area contributed by atoms with Crippen LogP contribution in [0.4, 0.5) is 0 Å². The van der Waals surface area contributed by atoms with E-state index in [1.165, 1.54) is 263 Å². The van der Waals surface area contributed by atoms with Gasteiger partial charge in [0.25, 0.3) is 0 Å². The monoisotopic (exact) mass is 1280 g/mol. The minimum Gasteiger partial charge on any atom is -0.462 e. The summed E-state index contributed by atoms with van der Waals surface area (Å²) < 4.78 is 10.8. The van der Waals surface area contributed by atoms with Crippen molar-refractivity contribution >= 4 is 11.9 Å². The minimum atomic E-state index is -0.785. The normalized spacial score (nSPS) is 12.9. The molecule has 0 bridgehead atoms. The number of allylic oxidation sites excluding steroid dienone is 20. The van der Waals surface area contributed by atoms with Gasteiger partial charge in [-0.05, 0) is 89.9 Å². The quantitative estimate of drug-likeness (QED) is 0.0373. The van der Waals surface area contributed by atoms with E-state index < -0.39 is 6.10 Å². The highest BCUT2D eigenvalue weighted by molar-refractivity contribution is 5.70. The Morgan fingerprint density at radius 3 is 0.707 bits per heavy atom. The summed E-state index contributed by atoms with van der Waals surface area (Å²) >= 11 is 0. The van der Waals surface area contributed by atoms with E-state index in [0.29, 0.717) is 12.8 Å². The molecule has 0 aliphatic heterocycles. The standard InChI is InChI=1S/C87H152O5/c1-3-5-7-9-11-13-15-17-19-21-23-25-27-29-31-33-35-37-39-41-43-45-47-49-51-53-55-57-59-61-63-65-67-69-71-73-75-77-79-81-86(89)91-84-85(83-88)92-87(90)82-80-78-76-74-72-70-68-66-64-62-60-58-56-54-52-50-48-46-44-42-40-38-36-34-32-30-28-26-24-22-20-18-16-14-12-10-8-6-4-2/h6,8,12,14,18,20,24,26,30,32,36,38,42,44,48,50,54,56,60,62,85,88H,3-5,7,9-11,13,15-17,19,21-23,25,27-29,31,33-35,37,39-41,43,45-47,49,51-53,55,57-59,61,63-84H2,1-2H3/b8-6-,14-12-,20-18-,26-24-,32-30-,38-36-,44-42-,50-48-,56-54-,62-60-. The Morgan fingerprint density at radius 1 is 0.261 bits per heavy atom. The Labute approximate surface area is 573 Å². The zero-order chi connectivity index (χ0) is 66.1. The second-order valence-electron chi connectivity index (χ2n) is 26.8. The van der Waals surface area contributed by atoms with Gasteiger partial charge < -0.3 is 14.6 Å². The fourth-order valence-corrected chi connectivity index (χ4v) is 11.8. The summed E-state index contributed by atoms with van der Waals surface area (Å²) in [4.78, 5) is 24.7. The number of unbranched alkanes of at least 4 members (excludes halogenated alkanes) is 46. The van der Waals surface area contributed by atoms with Crippen molar-refractivity contribution in [3.8, 4) is 0 Å². The highest BCUT2D eigenvalue weighted by atomic mass is 16.6. The van der Waals surface area contributed by atoms with E-state index >= 15 is 0 Å². The average molecular weight is 1280 g/mol. The molecule has 5 nitrogen and oxygen atoms in total. The third kappa shape index (κ3) is 78.7. The zero-order valence-electron chi connectivity index (χ0n) is 61.0. The van der Waals surface area contributed by atoms with Crippen LogP contribution in [0.2, 0.25) is 0 Å². The van der Waals surface area contributed by atoms with Crippen LogP contribution in [0, 0.1) is 0 Å². The van der Waals surface area contributed by atoms with Gasteiger partial charge in [0.1, 0.15) is 6.61 Å². The van der Waals surface area contributed by atoms with E-state index in [0.717, 1.165) is 109 Å². The predicted octanol–water partition coefficient (Wildman–Crippen LogP) is 28.4. The number of hydrogen-bond acceptors (Lipinski definition) is 5. The molecule has 0 amide bonds. The van der Waals surface area contributed by atoms with Gasteiger partial charge in [-0.25, -0.2) is 0 Å². The zero-order valence-corrected chi connectivity index (χ0v) is 61.0. The molecule has 1 N–H and O–H groups in total. The number of rotatable bonds is 74. The van der Waals surface area contributed by atoms with E-state index in [1.54, 1.807) is 0 Å². The first kappa shape index (κ1) is 88.3. The maximum Gasteiger partial charge on any atom is 0.306 e. The fraction of sp³-hybridized carbons (Fsp3) is 0.747. The van der Waals surface area contributed by atoms with E-state index in [1.807, 2.05) is 0 Å². The van der Waals surface area contributed by atoms with Gasteiger partial charge in [0.2, 0.25) is 0 Å². The number of aliphatic hydroxyl groups is 1. The number of carbonyl (C=O) groups is 2. The number of ether oxygens (including phenoxy) is 2. The van der Waals surface area contributed by atoms with Crippen LogP contribution in [0.3, 0.4) is 0 Å². The molecule has 0 saturated heterocycles. The van der Waals surface area contributed by atoms with Crippen LogP contribution in [0.5, 0.6) is 0 Å². The molecule has 0 aliphatic carbocycles. The van der Waals surface area contributed by atoms with Crippen LogP contribution < -0.4 is 0 Å². The van der Waals surface area contributed by atoms with Gasteiger partial charge in [0.15, 0.2) is 6.10 Å². The lowest BCUT2D eigenvalue weighted by Gasteiger charge is -2.15. The summed E-state index contributed by atoms with van der Waals surface area (Å²) in [5.41, 5.74) is 0. The highest BCUT2D eigenvalue weighted by Gasteiger charge is 2.16. The van der Waals surface area contributed by atoms with Crippen molar-refractivity contribution in [1.82, 2.24) is 0 Å². The first-order chi connectivity index (χ1) is 45.6. The molecule has 0 spiro atoms. The summed E-state index contributed by atoms with van der Waals surface area (Å²) in [5.74, 6) is -0.589. The molecular weight excluding hydrogens is 1120 g/mol. The number of hydrogen-bond donors (Lipinski definition) is 1. The van der Waals surface area contributed by atoms with E-state index in [-0.39, 0.29) is 25.2 Å². The SMILES string of the molecule is CC/C=C\C/C=C\C/C=C\C/C=C\C/C=C\C/C=C\C/C=C\C/C=C\C/C=C\C/C=C\CCCCCCCCCCC(=O)OC(CO)COC(=O)CCCCCCCCCCCCCCCCCCCCCCCCCCCCCCCCCCCCCCCCC. The molecular formula is C87H152O5. The summed E-state index contributed by atoms with van der Waals surface area (Å²) in [6, 6.07) is 0. The molecule has 0 aliphatic rings. The van der Waals surface area contributed by atoms with Gasteiger partial charge in [0.05, 0.1) is 6.61 Å². The summed E-state index contributed by atoms with van der Waals surface area (Å²) in [7, 11) is 0. The van der Waals surface area contributed by atoms with E-state index in [9.17, 15) is 14.7 Å². The van der Waals surface area contributed by atoms with Gasteiger partial charge in [0, 0.05) is 12.8 Å².